The molecular formula is C20H25N5O4. The van der Waals surface area contributed by atoms with Gasteiger partial charge in [0, 0.05) is 31.1 Å². The zero-order chi connectivity index (χ0) is 21.3. The summed E-state index contributed by atoms with van der Waals surface area (Å²) in [6, 6.07) is 4.49. The number of nitrogens with zero attached hydrogens (tertiary/aromatic N) is 4. The van der Waals surface area contributed by atoms with Crippen molar-refractivity contribution in [1.82, 2.24) is 19.9 Å². The number of carbonyl (C=O) groups excluding carboxylic acids is 3. The van der Waals surface area contributed by atoms with Crippen LogP contribution in [0.1, 0.15) is 49.5 Å². The van der Waals surface area contributed by atoms with Crippen molar-refractivity contribution < 1.29 is 19.1 Å². The molecule has 0 saturated carbocycles. The Labute approximate surface area is 168 Å². The largest absolute Gasteiger partial charge is 0.460 e. The lowest BCUT2D eigenvalue weighted by Gasteiger charge is -2.25. The molecule has 1 aromatic heterocycles. The highest BCUT2D eigenvalue weighted by molar-refractivity contribution is 6.01. The molecule has 1 aromatic carbocycles. The van der Waals surface area contributed by atoms with Crippen molar-refractivity contribution in [3.8, 4) is 11.3 Å². The molecule has 0 aliphatic carbocycles. The van der Waals surface area contributed by atoms with Crippen molar-refractivity contribution in [1.29, 1.82) is 0 Å². The van der Waals surface area contributed by atoms with Crippen LogP contribution in [-0.4, -0.2) is 49.3 Å². The molecule has 29 heavy (non-hydrogen) atoms. The second-order valence-electron chi connectivity index (χ2n) is 8.13. The first-order valence-electron chi connectivity index (χ1n) is 9.37. The maximum absolute atomic E-state index is 12.8. The minimum Gasteiger partial charge on any atom is -0.460 e. The van der Waals surface area contributed by atoms with E-state index >= 15 is 0 Å². The molecule has 9 nitrogen and oxygen atoms in total. The summed E-state index contributed by atoms with van der Waals surface area (Å²) in [6.45, 7) is 5.55. The second-order valence-corrected chi connectivity index (χ2v) is 8.13. The van der Waals surface area contributed by atoms with Gasteiger partial charge >= 0.3 is 5.97 Å². The van der Waals surface area contributed by atoms with Gasteiger partial charge in [0.05, 0.1) is 6.20 Å². The Kier molecular flexibility index (Phi) is 5.41. The number of amides is 2. The third-order valence-electron chi connectivity index (χ3n) is 4.58. The molecule has 2 N–H and O–H groups in total. The lowest BCUT2D eigenvalue weighted by Crippen LogP contribution is -2.45. The standard InChI is InChI=1S/C20H25N5O4/c1-20(2,3)29-17(26)8-7-16(18(21)27)25-10-13-9-12(5-6-14(13)19(25)28)15-11-24(4)23-22-15/h5-6,9,11,16H,7-8,10H2,1-4H3,(H2,21,27). The van der Waals surface area contributed by atoms with Gasteiger partial charge in [-0.05, 0) is 44.9 Å². The molecule has 0 saturated heterocycles. The number of fused-ring (bicyclic) bond motifs is 1. The van der Waals surface area contributed by atoms with Gasteiger partial charge in [0.2, 0.25) is 5.91 Å². The summed E-state index contributed by atoms with van der Waals surface area (Å²) in [7, 11) is 1.78. The van der Waals surface area contributed by atoms with Crippen LogP contribution in [0.15, 0.2) is 24.4 Å². The van der Waals surface area contributed by atoms with E-state index in [1.165, 1.54) is 4.90 Å². The van der Waals surface area contributed by atoms with E-state index in [0.29, 0.717) is 11.3 Å². The predicted octanol–water partition coefficient (Wildman–Crippen LogP) is 1.41. The number of aromatic nitrogens is 3. The average molecular weight is 399 g/mol. The molecule has 0 bridgehead atoms. The number of hydrogen-bond acceptors (Lipinski definition) is 6. The van der Waals surface area contributed by atoms with Gasteiger partial charge in [-0.2, -0.15) is 0 Å². The number of hydrogen-bond donors (Lipinski definition) is 1. The van der Waals surface area contributed by atoms with Crippen LogP contribution in [0.2, 0.25) is 0 Å². The number of aryl methyl sites for hydroxylation is 1. The van der Waals surface area contributed by atoms with E-state index in [1.54, 1.807) is 50.8 Å². The Morgan fingerprint density at radius 3 is 2.62 bits per heavy atom. The maximum atomic E-state index is 12.8. The lowest BCUT2D eigenvalue weighted by molar-refractivity contribution is -0.155. The molecule has 0 fully saturated rings. The van der Waals surface area contributed by atoms with Crippen LogP contribution < -0.4 is 5.73 Å². The molecule has 1 aliphatic rings. The van der Waals surface area contributed by atoms with Gasteiger partial charge in [0.1, 0.15) is 17.3 Å². The summed E-state index contributed by atoms with van der Waals surface area (Å²) in [4.78, 5) is 38.3. The summed E-state index contributed by atoms with van der Waals surface area (Å²) in [5, 5.41) is 8.00. The zero-order valence-electron chi connectivity index (χ0n) is 17.0. The number of primary amides is 1. The highest BCUT2D eigenvalue weighted by Gasteiger charge is 2.36. The second kappa shape index (κ2) is 7.65. The van der Waals surface area contributed by atoms with Crippen LogP contribution in [0.4, 0.5) is 0 Å². The Hall–Kier alpha value is -3.23. The molecule has 3 rings (SSSR count). The average Bonchev–Trinajstić information content (AvgIpc) is 3.17. The van der Waals surface area contributed by atoms with Crippen molar-refractivity contribution in [3.63, 3.8) is 0 Å². The van der Waals surface area contributed by atoms with E-state index in [-0.39, 0.29) is 25.3 Å². The van der Waals surface area contributed by atoms with Crippen molar-refractivity contribution >= 4 is 17.8 Å². The Bertz CT molecular complexity index is 960. The summed E-state index contributed by atoms with van der Waals surface area (Å²) >= 11 is 0. The molecule has 0 spiro atoms. The fourth-order valence-corrected chi connectivity index (χ4v) is 3.33. The lowest BCUT2D eigenvalue weighted by atomic mass is 10.0. The quantitative estimate of drug-likeness (QED) is 0.733. The van der Waals surface area contributed by atoms with Gasteiger partial charge in [-0.3, -0.25) is 19.1 Å². The fourth-order valence-electron chi connectivity index (χ4n) is 3.33. The summed E-state index contributed by atoms with van der Waals surface area (Å²) < 4.78 is 6.87. The van der Waals surface area contributed by atoms with Gasteiger partial charge < -0.3 is 15.4 Å². The van der Waals surface area contributed by atoms with Gasteiger partial charge in [-0.1, -0.05) is 11.3 Å². The molecular weight excluding hydrogens is 374 g/mol. The normalized spacial score (nSPS) is 14.6. The van der Waals surface area contributed by atoms with Gasteiger partial charge in [-0.15, -0.1) is 5.10 Å². The topological polar surface area (TPSA) is 120 Å². The van der Waals surface area contributed by atoms with E-state index in [9.17, 15) is 14.4 Å². The van der Waals surface area contributed by atoms with Crippen molar-refractivity contribution in [2.24, 2.45) is 12.8 Å². The Morgan fingerprint density at radius 1 is 1.31 bits per heavy atom. The van der Waals surface area contributed by atoms with E-state index in [0.717, 1.165) is 11.1 Å². The van der Waals surface area contributed by atoms with Crippen LogP contribution in [0, 0.1) is 0 Å². The van der Waals surface area contributed by atoms with Crippen molar-refractivity contribution in [3.05, 3.63) is 35.5 Å². The van der Waals surface area contributed by atoms with Crippen LogP contribution in [-0.2, 0) is 27.9 Å². The molecule has 2 amide bonds. The van der Waals surface area contributed by atoms with Crippen LogP contribution >= 0.6 is 0 Å². The van der Waals surface area contributed by atoms with Crippen LogP contribution in [0.5, 0.6) is 0 Å². The van der Waals surface area contributed by atoms with E-state index in [2.05, 4.69) is 10.3 Å². The third kappa shape index (κ3) is 4.61. The molecule has 1 unspecified atom stereocenters. The maximum Gasteiger partial charge on any atom is 0.306 e. The van der Waals surface area contributed by atoms with Gasteiger partial charge in [0.15, 0.2) is 0 Å². The number of nitrogens with two attached hydrogens (primary N) is 1. The Morgan fingerprint density at radius 2 is 2.03 bits per heavy atom. The SMILES string of the molecule is Cn1cc(-c2ccc3c(c2)CN(C(CCC(=O)OC(C)(C)C)C(N)=O)C3=O)nn1. The molecule has 1 aliphatic heterocycles. The zero-order valence-corrected chi connectivity index (χ0v) is 17.0. The van der Waals surface area contributed by atoms with E-state index in [4.69, 9.17) is 10.5 Å². The minimum absolute atomic E-state index is 0.00411. The molecule has 154 valence electrons. The molecule has 0 radical (unpaired) electrons. The minimum atomic E-state index is -0.887. The fraction of sp³-hybridized carbons (Fsp3) is 0.450. The number of ether oxygens (including phenoxy) is 1. The number of benzene rings is 1. The highest BCUT2D eigenvalue weighted by atomic mass is 16.6. The highest BCUT2D eigenvalue weighted by Crippen LogP contribution is 2.30. The van der Waals surface area contributed by atoms with Crippen LogP contribution in [0.25, 0.3) is 11.3 Å². The molecule has 2 heterocycles. The molecule has 1 atom stereocenters. The van der Waals surface area contributed by atoms with Gasteiger partial charge in [0.25, 0.3) is 5.91 Å². The van der Waals surface area contributed by atoms with Crippen molar-refractivity contribution in [2.45, 2.75) is 51.8 Å². The van der Waals surface area contributed by atoms with Crippen molar-refractivity contribution in [2.75, 3.05) is 0 Å². The first-order valence-corrected chi connectivity index (χ1v) is 9.37. The van der Waals surface area contributed by atoms with Gasteiger partial charge in [-0.25, -0.2) is 0 Å². The third-order valence-corrected chi connectivity index (χ3v) is 4.58. The number of rotatable bonds is 6. The smallest absolute Gasteiger partial charge is 0.306 e. The summed E-state index contributed by atoms with van der Waals surface area (Å²) in [6.07, 6.45) is 1.89. The Balaban J connectivity index is 1.75. The molecule has 2 aromatic rings. The molecule has 9 heteroatoms. The predicted molar refractivity (Wildman–Crippen MR) is 104 cm³/mol. The number of esters is 1. The van der Waals surface area contributed by atoms with E-state index in [1.807, 2.05) is 6.07 Å². The van der Waals surface area contributed by atoms with Crippen LogP contribution in [0.3, 0.4) is 0 Å². The monoisotopic (exact) mass is 399 g/mol. The first-order chi connectivity index (χ1) is 13.5. The first kappa shape index (κ1) is 20.5. The summed E-state index contributed by atoms with van der Waals surface area (Å²) in [5.41, 5.74) is 7.75. The van der Waals surface area contributed by atoms with E-state index < -0.39 is 23.5 Å². The number of carbonyl (C=O) groups is 3. The summed E-state index contributed by atoms with van der Waals surface area (Å²) in [5.74, 6) is -1.36.